The molecule has 3 N–H and O–H groups in total. The second-order valence-electron chi connectivity index (χ2n) is 2.93. The summed E-state index contributed by atoms with van der Waals surface area (Å²) >= 11 is 0. The van der Waals surface area contributed by atoms with E-state index in [1.54, 1.807) is 26.5 Å². The number of nitrogens with zero attached hydrogens (tertiary/aromatic N) is 2. The predicted octanol–water partition coefficient (Wildman–Crippen LogP) is -0.0535. The van der Waals surface area contributed by atoms with Crippen molar-refractivity contribution in [3.8, 4) is 5.88 Å². The summed E-state index contributed by atoms with van der Waals surface area (Å²) in [6.07, 6.45) is 1.64. The summed E-state index contributed by atoms with van der Waals surface area (Å²) in [6, 6.07) is 3.62. The maximum Gasteiger partial charge on any atom is 0.224 e. The van der Waals surface area contributed by atoms with E-state index in [2.05, 4.69) is 15.4 Å². The van der Waals surface area contributed by atoms with E-state index in [0.717, 1.165) is 5.56 Å². The Morgan fingerprint density at radius 3 is 3.00 bits per heavy atom. The first-order valence-electron chi connectivity index (χ1n) is 4.82. The van der Waals surface area contributed by atoms with Crippen LogP contribution in [0.25, 0.3) is 0 Å². The van der Waals surface area contributed by atoms with Crippen LogP contribution < -0.4 is 16.0 Å². The van der Waals surface area contributed by atoms with Gasteiger partial charge in [-0.1, -0.05) is 0 Å². The van der Waals surface area contributed by atoms with Gasteiger partial charge in [0.2, 0.25) is 5.88 Å². The Labute approximate surface area is 94.5 Å². The van der Waals surface area contributed by atoms with Crippen LogP contribution in [0.3, 0.4) is 0 Å². The van der Waals surface area contributed by atoms with Crippen LogP contribution in [0, 0.1) is 0 Å². The van der Waals surface area contributed by atoms with E-state index in [-0.39, 0.29) is 0 Å². The van der Waals surface area contributed by atoms with E-state index in [1.807, 2.05) is 6.07 Å². The summed E-state index contributed by atoms with van der Waals surface area (Å²) in [5, 5.41) is 0. The molecule has 0 unspecified atom stereocenters. The standard InChI is InChI=1S/C10H16N4O2/c1-15-7-6-12-9(14-11)8-4-3-5-13-10(8)16-2/h3-5H,6-7,11H2,1-2H3,(H,12,14). The number of pyridine rings is 1. The number of rotatable bonds is 5. The molecule has 88 valence electrons. The average Bonchev–Trinajstić information content (AvgIpc) is 2.35. The molecule has 6 heteroatoms. The molecule has 0 saturated heterocycles. The molecule has 6 nitrogen and oxygen atoms in total. The highest BCUT2D eigenvalue weighted by molar-refractivity contribution is 6.00. The van der Waals surface area contributed by atoms with Gasteiger partial charge in [-0.25, -0.2) is 10.8 Å². The Bertz CT molecular complexity index is 354. The highest BCUT2D eigenvalue weighted by Crippen LogP contribution is 2.13. The maximum absolute atomic E-state index is 5.41. The average molecular weight is 224 g/mol. The zero-order chi connectivity index (χ0) is 11.8. The lowest BCUT2D eigenvalue weighted by atomic mass is 10.2. The molecule has 0 aliphatic carbocycles. The SMILES string of the molecule is COCCN=C(NN)c1cccnc1OC. The Balaban J connectivity index is 2.89. The van der Waals surface area contributed by atoms with Crippen LogP contribution in [0.4, 0.5) is 0 Å². The van der Waals surface area contributed by atoms with Gasteiger partial charge in [0.15, 0.2) is 0 Å². The minimum atomic E-state index is 0.483. The van der Waals surface area contributed by atoms with Crippen LogP contribution >= 0.6 is 0 Å². The summed E-state index contributed by atoms with van der Waals surface area (Å²) in [4.78, 5) is 8.31. The van der Waals surface area contributed by atoms with E-state index < -0.39 is 0 Å². The molecular weight excluding hydrogens is 208 g/mol. The fourth-order valence-electron chi connectivity index (χ4n) is 1.19. The van der Waals surface area contributed by atoms with Crippen molar-refractivity contribution in [3.63, 3.8) is 0 Å². The quantitative estimate of drug-likeness (QED) is 0.241. The first-order valence-corrected chi connectivity index (χ1v) is 4.82. The second kappa shape index (κ2) is 6.76. The lowest BCUT2D eigenvalue weighted by molar-refractivity contribution is 0.208. The third-order valence-electron chi connectivity index (χ3n) is 1.92. The maximum atomic E-state index is 5.41. The minimum Gasteiger partial charge on any atom is -0.480 e. The van der Waals surface area contributed by atoms with Gasteiger partial charge in [0.25, 0.3) is 0 Å². The number of nitrogens with two attached hydrogens (primary N) is 1. The fraction of sp³-hybridized carbons (Fsp3) is 0.400. The number of nitrogens with one attached hydrogen (secondary N) is 1. The largest absolute Gasteiger partial charge is 0.480 e. The number of hydrazine groups is 1. The third kappa shape index (κ3) is 3.18. The van der Waals surface area contributed by atoms with Crippen LogP contribution in [0.1, 0.15) is 5.56 Å². The fourth-order valence-corrected chi connectivity index (χ4v) is 1.19. The van der Waals surface area contributed by atoms with Gasteiger partial charge in [-0.2, -0.15) is 0 Å². The van der Waals surface area contributed by atoms with Crippen molar-refractivity contribution in [2.45, 2.75) is 0 Å². The summed E-state index contributed by atoms with van der Waals surface area (Å²) in [7, 11) is 3.17. The van der Waals surface area contributed by atoms with Gasteiger partial charge in [0.05, 0.1) is 25.8 Å². The topological polar surface area (TPSA) is 81.8 Å². The van der Waals surface area contributed by atoms with Crippen LogP contribution in [0.2, 0.25) is 0 Å². The van der Waals surface area contributed by atoms with Crippen molar-refractivity contribution >= 4 is 5.84 Å². The number of methoxy groups -OCH3 is 2. The normalized spacial score (nSPS) is 11.3. The zero-order valence-electron chi connectivity index (χ0n) is 9.43. The third-order valence-corrected chi connectivity index (χ3v) is 1.92. The van der Waals surface area contributed by atoms with Crippen LogP contribution in [0.15, 0.2) is 23.3 Å². The van der Waals surface area contributed by atoms with Gasteiger partial charge in [0.1, 0.15) is 5.84 Å². The van der Waals surface area contributed by atoms with E-state index in [1.165, 1.54) is 0 Å². The number of amidine groups is 1. The van der Waals surface area contributed by atoms with Crippen molar-refractivity contribution < 1.29 is 9.47 Å². The van der Waals surface area contributed by atoms with Gasteiger partial charge >= 0.3 is 0 Å². The molecule has 0 spiro atoms. The molecule has 0 bridgehead atoms. The number of hydrogen-bond donors (Lipinski definition) is 2. The highest BCUT2D eigenvalue weighted by Gasteiger charge is 2.08. The van der Waals surface area contributed by atoms with Gasteiger partial charge < -0.3 is 14.9 Å². The molecule has 1 heterocycles. The van der Waals surface area contributed by atoms with E-state index in [0.29, 0.717) is 24.9 Å². The van der Waals surface area contributed by atoms with Gasteiger partial charge in [0, 0.05) is 13.3 Å². The summed E-state index contributed by atoms with van der Waals surface area (Å²) in [5.74, 6) is 6.42. The summed E-state index contributed by atoms with van der Waals surface area (Å²) in [5.41, 5.74) is 3.25. The Kier molecular flexibility index (Phi) is 5.24. The molecule has 0 aliphatic heterocycles. The molecule has 0 saturated carbocycles. The Morgan fingerprint density at radius 2 is 2.38 bits per heavy atom. The zero-order valence-corrected chi connectivity index (χ0v) is 9.43. The van der Waals surface area contributed by atoms with Crippen molar-refractivity contribution in [2.75, 3.05) is 27.4 Å². The molecule has 1 aromatic heterocycles. The van der Waals surface area contributed by atoms with Crippen LogP contribution in [-0.2, 0) is 4.74 Å². The van der Waals surface area contributed by atoms with Gasteiger partial charge in [-0.15, -0.1) is 0 Å². The van der Waals surface area contributed by atoms with Crippen molar-refractivity contribution in [2.24, 2.45) is 10.8 Å². The molecule has 0 amide bonds. The number of aliphatic imine (C=N–C) groups is 1. The number of aromatic nitrogens is 1. The number of hydrogen-bond acceptors (Lipinski definition) is 5. The van der Waals surface area contributed by atoms with Crippen LogP contribution in [0.5, 0.6) is 5.88 Å². The first kappa shape index (κ1) is 12.4. The first-order chi connectivity index (χ1) is 7.83. The monoisotopic (exact) mass is 224 g/mol. The molecule has 0 atom stereocenters. The smallest absolute Gasteiger partial charge is 0.224 e. The van der Waals surface area contributed by atoms with Gasteiger partial charge in [-0.05, 0) is 12.1 Å². The van der Waals surface area contributed by atoms with Crippen molar-refractivity contribution in [1.82, 2.24) is 10.4 Å². The van der Waals surface area contributed by atoms with Crippen molar-refractivity contribution in [3.05, 3.63) is 23.9 Å². The highest BCUT2D eigenvalue weighted by atomic mass is 16.5. The molecule has 16 heavy (non-hydrogen) atoms. The van der Waals surface area contributed by atoms with Gasteiger partial charge in [-0.3, -0.25) is 4.99 Å². The summed E-state index contributed by atoms with van der Waals surface area (Å²) < 4.78 is 10.0. The lowest BCUT2D eigenvalue weighted by Crippen LogP contribution is -2.32. The molecule has 1 aromatic rings. The molecule has 0 aliphatic rings. The predicted molar refractivity (Wildman–Crippen MR) is 61.4 cm³/mol. The molecular formula is C10H16N4O2. The summed E-state index contributed by atoms with van der Waals surface area (Å²) in [6.45, 7) is 1.06. The van der Waals surface area contributed by atoms with Crippen molar-refractivity contribution in [1.29, 1.82) is 0 Å². The molecule has 0 fully saturated rings. The minimum absolute atomic E-state index is 0.483. The van der Waals surface area contributed by atoms with E-state index >= 15 is 0 Å². The molecule has 1 rings (SSSR count). The van der Waals surface area contributed by atoms with E-state index in [4.69, 9.17) is 15.3 Å². The van der Waals surface area contributed by atoms with E-state index in [9.17, 15) is 0 Å². The lowest BCUT2D eigenvalue weighted by Gasteiger charge is -2.09. The Hall–Kier alpha value is -1.66. The Morgan fingerprint density at radius 1 is 1.56 bits per heavy atom. The second-order valence-corrected chi connectivity index (χ2v) is 2.93. The molecule has 0 aromatic carbocycles. The number of ether oxygens (including phenoxy) is 2. The molecule has 0 radical (unpaired) electrons. The van der Waals surface area contributed by atoms with Crippen LogP contribution in [-0.4, -0.2) is 38.2 Å².